The summed E-state index contributed by atoms with van der Waals surface area (Å²) in [6, 6.07) is 3.10. The highest BCUT2D eigenvalue weighted by Gasteiger charge is 2.54. The van der Waals surface area contributed by atoms with Gasteiger partial charge in [0.25, 0.3) is 0 Å². The Morgan fingerprint density at radius 1 is 1.32 bits per heavy atom. The number of sulfonamides is 1. The SMILES string of the molecule is O=S(=O)(c1cccnc1Cl)N1CCc2[nH]cnc2C12CCC2. The second kappa shape index (κ2) is 4.78. The van der Waals surface area contributed by atoms with Gasteiger partial charge in [0.2, 0.25) is 10.0 Å². The van der Waals surface area contributed by atoms with Gasteiger partial charge in [-0.25, -0.2) is 18.4 Å². The van der Waals surface area contributed by atoms with Crippen LogP contribution in [0.3, 0.4) is 0 Å². The zero-order chi connectivity index (χ0) is 15.4. The number of fused-ring (bicyclic) bond motifs is 2. The van der Waals surface area contributed by atoms with Crippen LogP contribution in [0.25, 0.3) is 0 Å². The summed E-state index contributed by atoms with van der Waals surface area (Å²) in [5.74, 6) is 0. The van der Waals surface area contributed by atoms with Crippen molar-refractivity contribution in [2.75, 3.05) is 6.54 Å². The Labute approximate surface area is 133 Å². The molecule has 2 aliphatic rings. The van der Waals surface area contributed by atoms with Crippen LogP contribution in [-0.4, -0.2) is 34.2 Å². The van der Waals surface area contributed by atoms with Crippen molar-refractivity contribution in [1.82, 2.24) is 19.3 Å². The molecule has 0 aromatic carbocycles. The van der Waals surface area contributed by atoms with E-state index < -0.39 is 15.6 Å². The van der Waals surface area contributed by atoms with Crippen molar-refractivity contribution >= 4 is 21.6 Å². The van der Waals surface area contributed by atoms with Crippen LogP contribution >= 0.6 is 11.6 Å². The second-order valence-corrected chi connectivity index (χ2v) is 7.92. The van der Waals surface area contributed by atoms with Crippen LogP contribution in [0.4, 0.5) is 0 Å². The van der Waals surface area contributed by atoms with Crippen molar-refractivity contribution < 1.29 is 8.42 Å². The van der Waals surface area contributed by atoms with E-state index in [1.165, 1.54) is 12.3 Å². The lowest BCUT2D eigenvalue weighted by Crippen LogP contribution is -2.57. The number of nitrogens with one attached hydrogen (secondary N) is 1. The number of aromatic amines is 1. The molecule has 1 aliphatic carbocycles. The molecule has 0 unspecified atom stereocenters. The Morgan fingerprint density at radius 3 is 2.82 bits per heavy atom. The Balaban J connectivity index is 1.85. The first-order chi connectivity index (χ1) is 10.6. The summed E-state index contributed by atoms with van der Waals surface area (Å²) in [7, 11) is -3.70. The van der Waals surface area contributed by atoms with E-state index in [1.807, 2.05) is 0 Å². The zero-order valence-electron chi connectivity index (χ0n) is 11.8. The third-order valence-electron chi connectivity index (χ3n) is 4.67. The fourth-order valence-electron chi connectivity index (χ4n) is 3.49. The molecule has 0 bridgehead atoms. The van der Waals surface area contributed by atoms with Crippen molar-refractivity contribution in [2.24, 2.45) is 0 Å². The number of halogens is 1. The Kier molecular flexibility index (Phi) is 3.08. The molecular formula is C14H15ClN4O2S. The minimum Gasteiger partial charge on any atom is -0.348 e. The van der Waals surface area contributed by atoms with Crippen LogP contribution in [0, 0.1) is 0 Å². The van der Waals surface area contributed by atoms with Crippen molar-refractivity contribution in [3.05, 3.63) is 41.2 Å². The van der Waals surface area contributed by atoms with E-state index in [0.717, 1.165) is 30.7 Å². The molecule has 0 saturated heterocycles. The Bertz CT molecular complexity index is 829. The highest BCUT2D eigenvalue weighted by molar-refractivity contribution is 7.89. The molecule has 1 aliphatic heterocycles. The van der Waals surface area contributed by atoms with Gasteiger partial charge >= 0.3 is 0 Å². The molecular weight excluding hydrogens is 324 g/mol. The normalized spacial score (nSPS) is 20.6. The van der Waals surface area contributed by atoms with Gasteiger partial charge in [-0.1, -0.05) is 11.6 Å². The van der Waals surface area contributed by atoms with Crippen molar-refractivity contribution in [3.63, 3.8) is 0 Å². The number of aromatic nitrogens is 3. The predicted molar refractivity (Wildman–Crippen MR) is 81.0 cm³/mol. The number of hydrogen-bond acceptors (Lipinski definition) is 4. The van der Waals surface area contributed by atoms with E-state index in [4.69, 9.17) is 11.6 Å². The first-order valence-corrected chi connectivity index (χ1v) is 9.04. The fraction of sp³-hybridized carbons (Fsp3) is 0.429. The number of imidazole rings is 1. The summed E-state index contributed by atoms with van der Waals surface area (Å²) in [5, 5.41) is 0.0183. The van der Waals surface area contributed by atoms with Crippen molar-refractivity contribution in [3.8, 4) is 0 Å². The molecule has 0 amide bonds. The lowest BCUT2D eigenvalue weighted by Gasteiger charge is -2.50. The highest BCUT2D eigenvalue weighted by Crippen LogP contribution is 2.51. The lowest BCUT2D eigenvalue weighted by atomic mass is 9.72. The maximum Gasteiger partial charge on any atom is 0.247 e. The molecule has 2 aromatic heterocycles. The van der Waals surface area contributed by atoms with E-state index in [2.05, 4.69) is 15.0 Å². The third kappa shape index (κ3) is 1.79. The molecule has 22 heavy (non-hydrogen) atoms. The number of hydrogen-bond donors (Lipinski definition) is 1. The molecule has 4 rings (SSSR count). The van der Waals surface area contributed by atoms with Crippen LogP contribution in [0.1, 0.15) is 30.7 Å². The number of rotatable bonds is 2. The monoisotopic (exact) mass is 338 g/mol. The maximum atomic E-state index is 13.1. The summed E-state index contributed by atoms with van der Waals surface area (Å²) >= 11 is 6.02. The minimum atomic E-state index is -3.70. The highest BCUT2D eigenvalue weighted by atomic mass is 35.5. The number of nitrogens with zero attached hydrogens (tertiary/aromatic N) is 3. The van der Waals surface area contributed by atoms with Gasteiger partial charge in [0.15, 0.2) is 0 Å². The fourth-order valence-corrected chi connectivity index (χ4v) is 5.71. The van der Waals surface area contributed by atoms with Gasteiger partial charge < -0.3 is 4.98 Å². The predicted octanol–water partition coefficient (Wildman–Crippen LogP) is 2.08. The molecule has 0 atom stereocenters. The second-order valence-electron chi connectivity index (χ2n) is 5.73. The Morgan fingerprint density at radius 2 is 2.14 bits per heavy atom. The van der Waals surface area contributed by atoms with Gasteiger partial charge in [-0.15, -0.1) is 0 Å². The van der Waals surface area contributed by atoms with Crippen molar-refractivity contribution in [1.29, 1.82) is 0 Å². The van der Waals surface area contributed by atoms with Gasteiger partial charge in [-0.2, -0.15) is 4.31 Å². The first-order valence-electron chi connectivity index (χ1n) is 7.22. The summed E-state index contributed by atoms with van der Waals surface area (Å²) < 4.78 is 27.8. The number of H-pyrrole nitrogens is 1. The summed E-state index contributed by atoms with van der Waals surface area (Å²) in [6.45, 7) is 0.433. The third-order valence-corrected chi connectivity index (χ3v) is 7.09. The van der Waals surface area contributed by atoms with Gasteiger partial charge in [0.1, 0.15) is 10.0 Å². The molecule has 1 N–H and O–H groups in total. The van der Waals surface area contributed by atoms with Crippen LogP contribution in [0.2, 0.25) is 5.15 Å². The maximum absolute atomic E-state index is 13.1. The molecule has 3 heterocycles. The van der Waals surface area contributed by atoms with E-state index >= 15 is 0 Å². The summed E-state index contributed by atoms with van der Waals surface area (Å²) in [5.41, 5.74) is 1.39. The molecule has 0 radical (unpaired) electrons. The van der Waals surface area contributed by atoms with Crippen LogP contribution < -0.4 is 0 Å². The molecule has 116 valence electrons. The zero-order valence-corrected chi connectivity index (χ0v) is 13.4. The van der Waals surface area contributed by atoms with E-state index in [-0.39, 0.29) is 10.0 Å². The Hall–Kier alpha value is -1.44. The smallest absolute Gasteiger partial charge is 0.247 e. The minimum absolute atomic E-state index is 0.0183. The van der Waals surface area contributed by atoms with Gasteiger partial charge in [0, 0.05) is 24.9 Å². The van der Waals surface area contributed by atoms with E-state index in [1.54, 1.807) is 16.7 Å². The van der Waals surface area contributed by atoms with E-state index in [9.17, 15) is 8.42 Å². The standard InChI is InChI=1S/C14H15ClN4O2S/c15-13-11(3-1-7-16-13)22(20,21)19-8-4-10-12(18-9-17-10)14(19)5-2-6-14/h1,3,7,9H,2,4-6,8H2,(H,17,18). The number of pyridine rings is 1. The van der Waals surface area contributed by atoms with E-state index in [0.29, 0.717) is 13.0 Å². The topological polar surface area (TPSA) is 79.0 Å². The largest absolute Gasteiger partial charge is 0.348 e. The molecule has 1 spiro atoms. The summed E-state index contributed by atoms with van der Waals surface area (Å²) in [4.78, 5) is 11.5. The molecule has 1 fully saturated rings. The molecule has 8 heteroatoms. The van der Waals surface area contributed by atoms with Crippen LogP contribution in [-0.2, 0) is 22.0 Å². The quantitative estimate of drug-likeness (QED) is 0.850. The molecule has 1 saturated carbocycles. The average Bonchev–Trinajstić information content (AvgIpc) is 2.93. The van der Waals surface area contributed by atoms with Crippen molar-refractivity contribution in [2.45, 2.75) is 36.1 Å². The van der Waals surface area contributed by atoms with Crippen LogP contribution in [0.5, 0.6) is 0 Å². The van der Waals surface area contributed by atoms with Gasteiger partial charge in [-0.3, -0.25) is 0 Å². The summed E-state index contributed by atoms with van der Waals surface area (Å²) in [6.07, 6.45) is 6.36. The van der Waals surface area contributed by atoms with Gasteiger partial charge in [-0.05, 0) is 31.4 Å². The molecule has 2 aromatic rings. The van der Waals surface area contributed by atoms with Crippen LogP contribution in [0.15, 0.2) is 29.6 Å². The molecule has 6 nitrogen and oxygen atoms in total. The van der Waals surface area contributed by atoms with Gasteiger partial charge in [0.05, 0.1) is 17.6 Å². The average molecular weight is 339 g/mol. The first kappa shape index (κ1) is 14.2. The lowest BCUT2D eigenvalue weighted by molar-refractivity contribution is 0.0701.